The van der Waals surface area contributed by atoms with Gasteiger partial charge in [0.25, 0.3) is 0 Å². The van der Waals surface area contributed by atoms with Crippen molar-refractivity contribution in [2.75, 3.05) is 32.8 Å². The van der Waals surface area contributed by atoms with Gasteiger partial charge in [0.15, 0.2) is 0 Å². The van der Waals surface area contributed by atoms with Crippen molar-refractivity contribution < 1.29 is 0 Å². The van der Waals surface area contributed by atoms with Gasteiger partial charge in [0.05, 0.1) is 0 Å². The van der Waals surface area contributed by atoms with E-state index in [0.29, 0.717) is 6.67 Å². The Bertz CT molecular complexity index is 727. The molecule has 2 aliphatic heterocycles. The molecular weight excluding hydrogens is 300 g/mol. The smallest absolute Gasteiger partial charge is 0.137 e. The predicted octanol–water partition coefficient (Wildman–Crippen LogP) is 1.67. The van der Waals surface area contributed by atoms with Gasteiger partial charge in [-0.05, 0) is 6.08 Å². The van der Waals surface area contributed by atoms with Crippen molar-refractivity contribution in [3.05, 3.63) is 54.5 Å². The maximum Gasteiger partial charge on any atom is 0.137 e. The van der Waals surface area contributed by atoms with Gasteiger partial charge >= 0.3 is 0 Å². The zero-order valence-electron chi connectivity index (χ0n) is 13.7. The highest BCUT2D eigenvalue weighted by atomic mass is 15.6. The summed E-state index contributed by atoms with van der Waals surface area (Å²) in [7, 11) is 0. The van der Waals surface area contributed by atoms with Gasteiger partial charge in [-0.2, -0.15) is 0 Å². The normalized spacial score (nSPS) is 18.7. The molecule has 0 spiro atoms. The number of hydrazine groups is 1. The third-order valence-electron chi connectivity index (χ3n) is 4.36. The molecule has 6 nitrogen and oxygen atoms in total. The number of hydrogen-bond acceptors (Lipinski definition) is 5. The summed E-state index contributed by atoms with van der Waals surface area (Å²) in [5.74, 6) is 0.911. The molecule has 2 aliphatic rings. The van der Waals surface area contributed by atoms with Gasteiger partial charge in [-0.25, -0.2) is 9.99 Å². The van der Waals surface area contributed by atoms with Crippen molar-refractivity contribution in [1.82, 2.24) is 25.3 Å². The number of nitrogens with one attached hydrogen (secondary N) is 2. The molecule has 1 aromatic heterocycles. The Hall–Kier alpha value is -2.44. The van der Waals surface area contributed by atoms with Crippen LogP contribution in [0.4, 0.5) is 0 Å². The summed E-state index contributed by atoms with van der Waals surface area (Å²) in [6.07, 6.45) is 6.93. The van der Waals surface area contributed by atoms with Crippen molar-refractivity contribution >= 4 is 5.71 Å². The van der Waals surface area contributed by atoms with Gasteiger partial charge in [-0.3, -0.25) is 10.0 Å². The van der Waals surface area contributed by atoms with E-state index >= 15 is 0 Å². The number of piperazine rings is 1. The van der Waals surface area contributed by atoms with E-state index < -0.39 is 0 Å². The lowest BCUT2D eigenvalue weighted by atomic mass is 10.2. The molecule has 1 saturated heterocycles. The second-order valence-corrected chi connectivity index (χ2v) is 6.05. The van der Waals surface area contributed by atoms with Gasteiger partial charge in [-0.15, -0.1) is 0 Å². The van der Waals surface area contributed by atoms with Gasteiger partial charge < -0.3 is 10.3 Å². The van der Waals surface area contributed by atoms with E-state index in [0.717, 1.165) is 55.4 Å². The van der Waals surface area contributed by atoms with E-state index in [1.807, 2.05) is 24.4 Å². The van der Waals surface area contributed by atoms with E-state index in [1.165, 1.54) is 0 Å². The van der Waals surface area contributed by atoms with Crippen molar-refractivity contribution in [1.29, 1.82) is 0 Å². The minimum atomic E-state index is 0.700. The molecule has 0 atom stereocenters. The monoisotopic (exact) mass is 322 g/mol. The number of aliphatic imine (C=N–C) groups is 1. The maximum absolute atomic E-state index is 4.71. The molecule has 124 valence electrons. The number of nitrogens with zero attached hydrogens (tertiary/aromatic N) is 4. The first-order valence-electron chi connectivity index (χ1n) is 8.41. The van der Waals surface area contributed by atoms with Crippen LogP contribution in [-0.2, 0) is 6.42 Å². The number of allylic oxidation sites excluding steroid dienone is 1. The highest BCUT2D eigenvalue weighted by molar-refractivity contribution is 5.96. The summed E-state index contributed by atoms with van der Waals surface area (Å²) in [5.41, 5.74) is 3.28. The molecule has 2 N–H and O–H groups in total. The maximum atomic E-state index is 4.71. The first-order valence-corrected chi connectivity index (χ1v) is 8.41. The average molecular weight is 322 g/mol. The number of imidazole rings is 1. The van der Waals surface area contributed by atoms with Crippen LogP contribution in [0.15, 0.2) is 53.8 Å². The van der Waals surface area contributed by atoms with Crippen molar-refractivity contribution in [3.63, 3.8) is 0 Å². The van der Waals surface area contributed by atoms with Crippen LogP contribution in [0.3, 0.4) is 0 Å². The molecule has 0 unspecified atom stereocenters. The number of benzene rings is 1. The third kappa shape index (κ3) is 3.39. The molecular formula is C18H22N6. The highest BCUT2D eigenvalue weighted by Crippen LogP contribution is 2.16. The minimum Gasteiger partial charge on any atom is -0.342 e. The van der Waals surface area contributed by atoms with E-state index in [1.54, 1.807) is 0 Å². The molecule has 0 aliphatic carbocycles. The third-order valence-corrected chi connectivity index (χ3v) is 4.36. The topological polar surface area (TPSA) is 59.5 Å². The van der Waals surface area contributed by atoms with Crippen molar-refractivity contribution in [2.45, 2.75) is 6.42 Å². The summed E-state index contributed by atoms with van der Waals surface area (Å²) < 4.78 is 0. The van der Waals surface area contributed by atoms with Gasteiger partial charge in [0.2, 0.25) is 0 Å². The molecule has 0 amide bonds. The number of aromatic amines is 1. The molecule has 0 saturated carbocycles. The standard InChI is InChI=1S/C18H22N6/c1-2-4-15(5-3-1)18-20-13-17(22-18)12-16-6-9-24(14-21-16)23-10-7-19-8-11-23/h1-6,9,13,19H,7-8,10-12,14H2,(H,20,22). The Morgan fingerprint density at radius 1 is 1.08 bits per heavy atom. The van der Waals surface area contributed by atoms with Crippen LogP contribution in [-0.4, -0.2) is 58.5 Å². The van der Waals surface area contributed by atoms with E-state index in [-0.39, 0.29) is 0 Å². The molecule has 24 heavy (non-hydrogen) atoms. The Labute approximate surface area is 141 Å². The van der Waals surface area contributed by atoms with Crippen molar-refractivity contribution in [3.8, 4) is 11.4 Å². The first kappa shape index (κ1) is 15.1. The van der Waals surface area contributed by atoms with Gasteiger partial charge in [-0.1, -0.05) is 30.3 Å². The average Bonchev–Trinajstić information content (AvgIpc) is 3.12. The lowest BCUT2D eigenvalue weighted by Gasteiger charge is -2.37. The Kier molecular flexibility index (Phi) is 4.40. The highest BCUT2D eigenvalue weighted by Gasteiger charge is 2.17. The van der Waals surface area contributed by atoms with Crippen LogP contribution in [0.25, 0.3) is 11.4 Å². The van der Waals surface area contributed by atoms with Crippen LogP contribution in [0, 0.1) is 0 Å². The second-order valence-electron chi connectivity index (χ2n) is 6.05. The fourth-order valence-corrected chi connectivity index (χ4v) is 3.03. The quantitative estimate of drug-likeness (QED) is 0.899. The number of rotatable bonds is 4. The molecule has 2 aromatic rings. The van der Waals surface area contributed by atoms with Crippen LogP contribution in [0.1, 0.15) is 5.69 Å². The van der Waals surface area contributed by atoms with E-state index in [9.17, 15) is 0 Å². The van der Waals surface area contributed by atoms with Crippen LogP contribution < -0.4 is 5.32 Å². The predicted molar refractivity (Wildman–Crippen MR) is 95.5 cm³/mol. The zero-order chi connectivity index (χ0) is 16.2. The van der Waals surface area contributed by atoms with Gasteiger partial charge in [0.1, 0.15) is 12.5 Å². The van der Waals surface area contributed by atoms with Crippen LogP contribution in [0.5, 0.6) is 0 Å². The fraction of sp³-hybridized carbons (Fsp3) is 0.333. The molecule has 1 fully saturated rings. The van der Waals surface area contributed by atoms with Crippen LogP contribution >= 0.6 is 0 Å². The van der Waals surface area contributed by atoms with E-state index in [2.05, 4.69) is 49.7 Å². The van der Waals surface area contributed by atoms with Crippen LogP contribution in [0.2, 0.25) is 0 Å². The lowest BCUT2D eigenvalue weighted by Crippen LogP contribution is -2.51. The Morgan fingerprint density at radius 2 is 1.92 bits per heavy atom. The molecule has 0 radical (unpaired) electrons. The summed E-state index contributed by atoms with van der Waals surface area (Å²) in [5, 5.41) is 7.92. The molecule has 0 bridgehead atoms. The fourth-order valence-electron chi connectivity index (χ4n) is 3.03. The zero-order valence-corrected chi connectivity index (χ0v) is 13.7. The van der Waals surface area contributed by atoms with Crippen molar-refractivity contribution in [2.24, 2.45) is 4.99 Å². The minimum absolute atomic E-state index is 0.700. The summed E-state index contributed by atoms with van der Waals surface area (Å²) in [6.45, 7) is 4.85. The Balaban J connectivity index is 1.37. The second kappa shape index (κ2) is 6.98. The lowest BCUT2D eigenvalue weighted by molar-refractivity contribution is 0.0121. The summed E-state index contributed by atoms with van der Waals surface area (Å²) >= 11 is 0. The molecule has 1 aromatic carbocycles. The van der Waals surface area contributed by atoms with Gasteiger partial charge in [0, 0.05) is 62.0 Å². The largest absolute Gasteiger partial charge is 0.342 e. The summed E-state index contributed by atoms with van der Waals surface area (Å²) in [4.78, 5) is 12.6. The number of hydrogen-bond donors (Lipinski definition) is 2. The molecule has 6 heteroatoms. The first-order chi connectivity index (χ1) is 11.9. The number of H-pyrrole nitrogens is 1. The summed E-state index contributed by atoms with van der Waals surface area (Å²) in [6, 6.07) is 10.2. The molecule has 4 rings (SSSR count). The SMILES string of the molecule is C1=CN(N2CCNCC2)CN=C1Cc1cnc(-c2ccccc2)[nH]1. The Morgan fingerprint density at radius 3 is 2.67 bits per heavy atom. The van der Waals surface area contributed by atoms with E-state index in [4.69, 9.17) is 4.99 Å². The number of aromatic nitrogens is 2. The molecule has 3 heterocycles.